The van der Waals surface area contributed by atoms with Crippen molar-refractivity contribution in [1.82, 2.24) is 5.32 Å². The molecule has 1 unspecified atom stereocenters. The van der Waals surface area contributed by atoms with Gasteiger partial charge in [0.15, 0.2) is 0 Å². The van der Waals surface area contributed by atoms with Crippen LogP contribution < -0.4 is 5.32 Å². The van der Waals surface area contributed by atoms with E-state index < -0.39 is 0 Å². The third-order valence-corrected chi connectivity index (χ3v) is 2.25. The normalized spacial score (nSPS) is 28.0. The minimum Gasteiger partial charge on any atom is -0.379 e. The van der Waals surface area contributed by atoms with Gasteiger partial charge in [0.1, 0.15) is 0 Å². The predicted molar refractivity (Wildman–Crippen MR) is 51.4 cm³/mol. The Bertz CT molecular complexity index is 183. The molecule has 0 aromatic rings. The van der Waals surface area contributed by atoms with E-state index in [9.17, 15) is 4.79 Å². The van der Waals surface area contributed by atoms with Gasteiger partial charge in [0.2, 0.25) is 5.91 Å². The molecule has 3 heteroatoms. The third kappa shape index (κ3) is 3.35. The maximum atomic E-state index is 11.4. The number of amides is 1. The molecule has 1 N–H and O–H groups in total. The molecule has 1 atom stereocenters. The summed E-state index contributed by atoms with van der Waals surface area (Å²) in [4.78, 5) is 11.4. The molecule has 3 nitrogen and oxygen atoms in total. The lowest BCUT2D eigenvalue weighted by Crippen LogP contribution is -2.46. The Hall–Kier alpha value is -0.570. The largest absolute Gasteiger partial charge is 0.379 e. The van der Waals surface area contributed by atoms with Crippen LogP contribution in [0.4, 0.5) is 0 Å². The number of carbonyl (C=O) groups excluding carboxylic acids is 1. The van der Waals surface area contributed by atoms with E-state index in [0.29, 0.717) is 18.9 Å². The van der Waals surface area contributed by atoms with Crippen molar-refractivity contribution in [2.45, 2.75) is 39.2 Å². The molecule has 13 heavy (non-hydrogen) atoms. The summed E-state index contributed by atoms with van der Waals surface area (Å²) in [5, 5.41) is 3.02. The zero-order chi connectivity index (χ0) is 9.90. The summed E-state index contributed by atoms with van der Waals surface area (Å²) < 4.78 is 5.25. The first-order chi connectivity index (χ1) is 6.02. The highest BCUT2D eigenvalue weighted by Crippen LogP contribution is 2.17. The van der Waals surface area contributed by atoms with E-state index in [1.54, 1.807) is 0 Å². The van der Waals surface area contributed by atoms with Gasteiger partial charge >= 0.3 is 0 Å². The van der Waals surface area contributed by atoms with Gasteiger partial charge in [-0.25, -0.2) is 0 Å². The number of rotatable bonds is 3. The molecule has 0 radical (unpaired) electrons. The van der Waals surface area contributed by atoms with Crippen LogP contribution in [0.5, 0.6) is 0 Å². The molecule has 0 saturated carbocycles. The van der Waals surface area contributed by atoms with Crippen LogP contribution in [0, 0.1) is 5.92 Å². The predicted octanol–water partition coefficient (Wildman–Crippen LogP) is 1.33. The van der Waals surface area contributed by atoms with Crippen LogP contribution in [0.15, 0.2) is 0 Å². The summed E-state index contributed by atoms with van der Waals surface area (Å²) in [6.45, 7) is 7.55. The molecule has 0 aromatic heterocycles. The highest BCUT2D eigenvalue weighted by molar-refractivity contribution is 5.77. The van der Waals surface area contributed by atoms with E-state index in [1.807, 2.05) is 20.8 Å². The van der Waals surface area contributed by atoms with Crippen molar-refractivity contribution in [3.8, 4) is 0 Å². The van der Waals surface area contributed by atoms with Crippen molar-refractivity contribution in [1.29, 1.82) is 0 Å². The lowest BCUT2D eigenvalue weighted by molar-refractivity contribution is -0.123. The Morgan fingerprint density at radius 1 is 1.62 bits per heavy atom. The van der Waals surface area contributed by atoms with Gasteiger partial charge in [0.25, 0.3) is 0 Å². The second-order valence-corrected chi connectivity index (χ2v) is 4.51. The zero-order valence-corrected chi connectivity index (χ0v) is 8.72. The number of hydrogen-bond donors (Lipinski definition) is 1. The summed E-state index contributed by atoms with van der Waals surface area (Å²) in [5.41, 5.74) is -0.119. The van der Waals surface area contributed by atoms with Gasteiger partial charge in [-0.2, -0.15) is 0 Å². The van der Waals surface area contributed by atoms with Crippen molar-refractivity contribution in [2.24, 2.45) is 5.92 Å². The molecule has 1 heterocycles. The standard InChI is InChI=1S/C10H19NO2/c1-8(2)6-9(12)11-10(3)4-5-13-7-10/h8H,4-7H2,1-3H3,(H,11,12). The Morgan fingerprint density at radius 2 is 2.31 bits per heavy atom. The average Bonchev–Trinajstić information content (AvgIpc) is 2.33. The quantitative estimate of drug-likeness (QED) is 0.720. The number of hydrogen-bond acceptors (Lipinski definition) is 2. The third-order valence-electron chi connectivity index (χ3n) is 2.25. The van der Waals surface area contributed by atoms with Gasteiger partial charge < -0.3 is 10.1 Å². The Balaban J connectivity index is 2.34. The van der Waals surface area contributed by atoms with Gasteiger partial charge in [-0.05, 0) is 19.3 Å². The molecule has 1 aliphatic rings. The second kappa shape index (κ2) is 4.09. The van der Waals surface area contributed by atoms with E-state index >= 15 is 0 Å². The Kier molecular flexibility index (Phi) is 3.31. The van der Waals surface area contributed by atoms with Crippen LogP contribution in [0.2, 0.25) is 0 Å². The van der Waals surface area contributed by atoms with Crippen LogP contribution in [0.1, 0.15) is 33.6 Å². The number of carbonyl (C=O) groups is 1. The molecule has 1 saturated heterocycles. The summed E-state index contributed by atoms with van der Waals surface area (Å²) in [5.74, 6) is 0.564. The number of nitrogens with one attached hydrogen (secondary N) is 1. The molecule has 1 aliphatic heterocycles. The van der Waals surface area contributed by atoms with Crippen LogP contribution in [-0.2, 0) is 9.53 Å². The van der Waals surface area contributed by atoms with Crippen molar-refractivity contribution in [3.05, 3.63) is 0 Å². The van der Waals surface area contributed by atoms with Gasteiger partial charge in [0.05, 0.1) is 12.1 Å². The smallest absolute Gasteiger partial charge is 0.220 e. The van der Waals surface area contributed by atoms with Crippen molar-refractivity contribution < 1.29 is 9.53 Å². The minimum absolute atomic E-state index is 0.119. The monoisotopic (exact) mass is 185 g/mol. The van der Waals surface area contributed by atoms with Gasteiger partial charge in [0, 0.05) is 13.0 Å². The minimum atomic E-state index is -0.119. The van der Waals surface area contributed by atoms with Gasteiger partial charge in [-0.3, -0.25) is 4.79 Å². The first-order valence-corrected chi connectivity index (χ1v) is 4.91. The fourth-order valence-corrected chi connectivity index (χ4v) is 1.52. The van der Waals surface area contributed by atoms with Crippen molar-refractivity contribution in [3.63, 3.8) is 0 Å². The topological polar surface area (TPSA) is 38.3 Å². The van der Waals surface area contributed by atoms with E-state index in [2.05, 4.69) is 5.32 Å². The molecular weight excluding hydrogens is 166 g/mol. The molecule has 1 fully saturated rings. The molecule has 76 valence electrons. The molecule has 0 aliphatic carbocycles. The fourth-order valence-electron chi connectivity index (χ4n) is 1.52. The fraction of sp³-hybridized carbons (Fsp3) is 0.900. The summed E-state index contributed by atoms with van der Waals surface area (Å²) in [6.07, 6.45) is 1.53. The highest BCUT2D eigenvalue weighted by Gasteiger charge is 2.30. The summed E-state index contributed by atoms with van der Waals surface area (Å²) in [6, 6.07) is 0. The number of ether oxygens (including phenoxy) is 1. The lowest BCUT2D eigenvalue weighted by atomic mass is 10.0. The van der Waals surface area contributed by atoms with E-state index in [1.165, 1.54) is 0 Å². The Morgan fingerprint density at radius 3 is 2.77 bits per heavy atom. The Labute approximate surface area is 79.8 Å². The molecule has 0 spiro atoms. The first kappa shape index (κ1) is 10.5. The van der Waals surface area contributed by atoms with Crippen LogP contribution in [0.3, 0.4) is 0 Å². The second-order valence-electron chi connectivity index (χ2n) is 4.51. The highest BCUT2D eigenvalue weighted by atomic mass is 16.5. The van der Waals surface area contributed by atoms with Gasteiger partial charge in [-0.1, -0.05) is 13.8 Å². The van der Waals surface area contributed by atoms with E-state index in [-0.39, 0.29) is 11.4 Å². The molecule has 1 amide bonds. The van der Waals surface area contributed by atoms with Crippen LogP contribution >= 0.6 is 0 Å². The SMILES string of the molecule is CC(C)CC(=O)NC1(C)CCOC1. The zero-order valence-electron chi connectivity index (χ0n) is 8.72. The maximum absolute atomic E-state index is 11.4. The van der Waals surface area contributed by atoms with E-state index in [0.717, 1.165) is 13.0 Å². The van der Waals surface area contributed by atoms with E-state index in [4.69, 9.17) is 4.74 Å². The van der Waals surface area contributed by atoms with Gasteiger partial charge in [-0.15, -0.1) is 0 Å². The molecule has 0 bridgehead atoms. The lowest BCUT2D eigenvalue weighted by Gasteiger charge is -2.23. The molecule has 0 aromatic carbocycles. The maximum Gasteiger partial charge on any atom is 0.220 e. The first-order valence-electron chi connectivity index (χ1n) is 4.91. The summed E-state index contributed by atoms with van der Waals surface area (Å²) in [7, 11) is 0. The van der Waals surface area contributed by atoms with Crippen LogP contribution in [0.25, 0.3) is 0 Å². The molecule has 1 rings (SSSR count). The summed E-state index contributed by atoms with van der Waals surface area (Å²) >= 11 is 0. The van der Waals surface area contributed by atoms with Crippen molar-refractivity contribution >= 4 is 5.91 Å². The molecular formula is C10H19NO2. The average molecular weight is 185 g/mol. The van der Waals surface area contributed by atoms with Crippen molar-refractivity contribution in [2.75, 3.05) is 13.2 Å². The van der Waals surface area contributed by atoms with Crippen LogP contribution in [-0.4, -0.2) is 24.7 Å².